The first kappa shape index (κ1) is 23.7. The van der Waals surface area contributed by atoms with E-state index in [-0.39, 0.29) is 10.9 Å². The van der Waals surface area contributed by atoms with Crippen molar-refractivity contribution in [2.24, 2.45) is 10.8 Å². The number of anilines is 2. The molecule has 0 aliphatic carbocycles. The van der Waals surface area contributed by atoms with Gasteiger partial charge in [0.15, 0.2) is 5.11 Å². The number of nitrogens with one attached hydrogen (secondary N) is 1. The van der Waals surface area contributed by atoms with E-state index in [0.29, 0.717) is 5.69 Å². The van der Waals surface area contributed by atoms with Crippen LogP contribution in [0.1, 0.15) is 30.4 Å². The van der Waals surface area contributed by atoms with Crippen LogP contribution in [-0.2, 0) is 6.54 Å². The third kappa shape index (κ3) is 6.13. The molecule has 0 amide bonds. The van der Waals surface area contributed by atoms with Gasteiger partial charge in [0.05, 0.1) is 11.9 Å². The van der Waals surface area contributed by atoms with Gasteiger partial charge in [0.2, 0.25) is 0 Å². The largest absolute Gasteiger partial charge is 0.375 e. The van der Waals surface area contributed by atoms with Gasteiger partial charge in [0.1, 0.15) is 5.82 Å². The highest BCUT2D eigenvalue weighted by molar-refractivity contribution is 7.80. The Kier molecular flexibility index (Phi) is 8.01. The minimum absolute atomic E-state index is 0.0810. The van der Waals surface area contributed by atoms with Crippen LogP contribution in [0.5, 0.6) is 0 Å². The molecule has 0 spiro atoms. The number of nitrogens with two attached hydrogens (primary N) is 1. The smallest absolute Gasteiger partial charge is 0.184 e. The summed E-state index contributed by atoms with van der Waals surface area (Å²) in [5, 5.41) is 4.94. The number of nitrogens with zero attached hydrogens (tertiary/aromatic N) is 4. The Morgan fingerprint density at radius 1 is 1.03 bits per heavy atom. The fourth-order valence-electron chi connectivity index (χ4n) is 4.50. The standard InChI is InChI=1S/C24H30ClFN6S/c25-20-7-3-2-6-18(20)17-30-10-12-32(13-11-30)23-15-22(31-8-4-1-5-9-31)19(14-21(23)26)16-28-29-24(27)33/h2-3,6-7,14-16H,1,4-5,8-13,17H2,(H3,27,29,33)/b28-16+. The lowest BCUT2D eigenvalue weighted by Gasteiger charge is -2.37. The molecule has 2 aliphatic rings. The van der Waals surface area contributed by atoms with E-state index in [2.05, 4.69) is 31.3 Å². The molecule has 2 heterocycles. The van der Waals surface area contributed by atoms with Crippen LogP contribution in [0.4, 0.5) is 15.8 Å². The van der Waals surface area contributed by atoms with Crippen molar-refractivity contribution in [2.75, 3.05) is 49.1 Å². The number of benzene rings is 2. The second-order valence-electron chi connectivity index (χ2n) is 8.50. The zero-order chi connectivity index (χ0) is 23.2. The quantitative estimate of drug-likeness (QED) is 0.364. The van der Waals surface area contributed by atoms with Crippen molar-refractivity contribution in [3.8, 4) is 0 Å². The molecule has 2 saturated heterocycles. The summed E-state index contributed by atoms with van der Waals surface area (Å²) in [5.74, 6) is -0.243. The van der Waals surface area contributed by atoms with Crippen molar-refractivity contribution in [2.45, 2.75) is 25.8 Å². The van der Waals surface area contributed by atoms with Crippen LogP contribution in [0.25, 0.3) is 0 Å². The van der Waals surface area contributed by atoms with Gasteiger partial charge in [-0.05, 0) is 55.2 Å². The summed E-state index contributed by atoms with van der Waals surface area (Å²) in [6.45, 7) is 5.95. The summed E-state index contributed by atoms with van der Waals surface area (Å²) < 4.78 is 15.2. The van der Waals surface area contributed by atoms with Crippen molar-refractivity contribution in [3.63, 3.8) is 0 Å². The molecule has 3 N–H and O–H groups in total. The molecule has 2 aliphatic heterocycles. The first-order chi connectivity index (χ1) is 16.0. The Bertz CT molecular complexity index is 1000. The van der Waals surface area contributed by atoms with Crippen molar-refractivity contribution in [1.82, 2.24) is 10.3 Å². The highest BCUT2D eigenvalue weighted by Gasteiger charge is 2.23. The second-order valence-corrected chi connectivity index (χ2v) is 9.35. The molecule has 9 heteroatoms. The molecular weight excluding hydrogens is 459 g/mol. The van der Waals surface area contributed by atoms with Crippen molar-refractivity contribution >= 4 is 46.5 Å². The first-order valence-corrected chi connectivity index (χ1v) is 12.2. The number of thiocarbonyl (C=S) groups is 1. The predicted molar refractivity (Wildman–Crippen MR) is 139 cm³/mol. The zero-order valence-corrected chi connectivity index (χ0v) is 20.2. The molecule has 0 atom stereocenters. The maximum atomic E-state index is 15.2. The lowest BCUT2D eigenvalue weighted by atomic mass is 10.1. The molecule has 0 radical (unpaired) electrons. The van der Waals surface area contributed by atoms with E-state index in [1.165, 1.54) is 6.42 Å². The van der Waals surface area contributed by atoms with Crippen LogP contribution >= 0.6 is 23.8 Å². The highest BCUT2D eigenvalue weighted by Crippen LogP contribution is 2.32. The molecule has 2 aromatic carbocycles. The molecule has 2 aromatic rings. The Morgan fingerprint density at radius 3 is 2.42 bits per heavy atom. The lowest BCUT2D eigenvalue weighted by Crippen LogP contribution is -2.46. The molecule has 176 valence electrons. The monoisotopic (exact) mass is 488 g/mol. The topological polar surface area (TPSA) is 60.1 Å². The lowest BCUT2D eigenvalue weighted by molar-refractivity contribution is 0.249. The summed E-state index contributed by atoms with van der Waals surface area (Å²) >= 11 is 11.1. The van der Waals surface area contributed by atoms with Crippen LogP contribution in [0.2, 0.25) is 5.02 Å². The van der Waals surface area contributed by atoms with E-state index >= 15 is 4.39 Å². The van der Waals surface area contributed by atoms with Crippen LogP contribution < -0.4 is 21.0 Å². The van der Waals surface area contributed by atoms with Crippen LogP contribution in [0, 0.1) is 5.82 Å². The second kappa shape index (κ2) is 11.1. The average molecular weight is 489 g/mol. The number of hydrazone groups is 1. The average Bonchev–Trinajstić information content (AvgIpc) is 2.82. The number of piperazine rings is 1. The number of hydrogen-bond acceptors (Lipinski definition) is 5. The highest BCUT2D eigenvalue weighted by atomic mass is 35.5. The first-order valence-electron chi connectivity index (χ1n) is 11.4. The Morgan fingerprint density at radius 2 is 1.73 bits per heavy atom. The van der Waals surface area contributed by atoms with Gasteiger partial charge in [0, 0.05) is 62.1 Å². The van der Waals surface area contributed by atoms with E-state index in [1.54, 1.807) is 12.3 Å². The SMILES string of the molecule is NC(=S)N/N=C/c1cc(F)c(N2CCN(Cc3ccccc3Cl)CC2)cc1N1CCCCC1. The summed E-state index contributed by atoms with van der Waals surface area (Å²) in [4.78, 5) is 6.83. The number of hydrogen-bond donors (Lipinski definition) is 2. The molecule has 0 aromatic heterocycles. The molecule has 0 unspecified atom stereocenters. The predicted octanol–water partition coefficient (Wildman–Crippen LogP) is 3.96. The fourth-order valence-corrected chi connectivity index (χ4v) is 4.75. The van der Waals surface area contributed by atoms with E-state index in [4.69, 9.17) is 29.6 Å². The zero-order valence-electron chi connectivity index (χ0n) is 18.6. The van der Waals surface area contributed by atoms with E-state index < -0.39 is 0 Å². The van der Waals surface area contributed by atoms with E-state index in [1.807, 2.05) is 24.3 Å². The molecule has 0 saturated carbocycles. The molecule has 33 heavy (non-hydrogen) atoms. The van der Waals surface area contributed by atoms with Crippen molar-refractivity contribution in [1.29, 1.82) is 0 Å². The van der Waals surface area contributed by atoms with Gasteiger partial charge in [-0.15, -0.1) is 0 Å². The van der Waals surface area contributed by atoms with Crippen LogP contribution in [0.3, 0.4) is 0 Å². The van der Waals surface area contributed by atoms with Gasteiger partial charge in [-0.1, -0.05) is 29.8 Å². The van der Waals surface area contributed by atoms with Gasteiger partial charge in [0.25, 0.3) is 0 Å². The fraction of sp³-hybridized carbons (Fsp3) is 0.417. The summed E-state index contributed by atoms with van der Waals surface area (Å²) in [7, 11) is 0. The van der Waals surface area contributed by atoms with Gasteiger partial charge in [-0.3, -0.25) is 10.3 Å². The molecular formula is C24H30ClFN6S. The number of piperidine rings is 1. The Hall–Kier alpha value is -2.42. The normalized spacial score (nSPS) is 17.5. The van der Waals surface area contributed by atoms with E-state index in [0.717, 1.165) is 80.5 Å². The summed E-state index contributed by atoms with van der Waals surface area (Å²) in [6, 6.07) is 11.5. The maximum absolute atomic E-state index is 15.2. The number of rotatable bonds is 6. The van der Waals surface area contributed by atoms with Crippen molar-refractivity contribution in [3.05, 3.63) is 58.4 Å². The minimum atomic E-state index is -0.243. The Labute approximate surface area is 205 Å². The summed E-state index contributed by atoms with van der Waals surface area (Å²) in [6.07, 6.45) is 5.09. The third-order valence-corrected chi connectivity index (χ3v) is 6.70. The Balaban J connectivity index is 1.50. The third-order valence-electron chi connectivity index (χ3n) is 6.24. The van der Waals surface area contributed by atoms with Crippen LogP contribution in [0.15, 0.2) is 41.5 Å². The van der Waals surface area contributed by atoms with Crippen molar-refractivity contribution < 1.29 is 4.39 Å². The van der Waals surface area contributed by atoms with Crippen LogP contribution in [-0.4, -0.2) is 55.5 Å². The van der Waals surface area contributed by atoms with Gasteiger partial charge < -0.3 is 15.5 Å². The molecule has 2 fully saturated rings. The van der Waals surface area contributed by atoms with E-state index in [9.17, 15) is 0 Å². The number of halogens is 2. The maximum Gasteiger partial charge on any atom is 0.184 e. The minimum Gasteiger partial charge on any atom is -0.375 e. The van der Waals surface area contributed by atoms with Gasteiger partial charge in [-0.25, -0.2) is 4.39 Å². The van der Waals surface area contributed by atoms with Gasteiger partial charge in [-0.2, -0.15) is 5.10 Å². The summed E-state index contributed by atoms with van der Waals surface area (Å²) in [5.41, 5.74) is 11.5. The molecule has 6 nitrogen and oxygen atoms in total. The molecule has 0 bridgehead atoms. The molecule has 4 rings (SSSR count). The van der Waals surface area contributed by atoms with Gasteiger partial charge >= 0.3 is 0 Å².